The molecule has 11 heteroatoms. The van der Waals surface area contributed by atoms with Crippen LogP contribution in [0.15, 0.2) is 30.5 Å². The van der Waals surface area contributed by atoms with E-state index in [4.69, 9.17) is 20.5 Å². The number of hydrogen-bond donors (Lipinski definition) is 3. The third-order valence-electron chi connectivity index (χ3n) is 4.63. The van der Waals surface area contributed by atoms with Gasteiger partial charge in [0.25, 0.3) is 5.91 Å². The molecule has 4 N–H and O–H groups in total. The van der Waals surface area contributed by atoms with Crippen LogP contribution in [0.2, 0.25) is 0 Å². The second-order valence-electron chi connectivity index (χ2n) is 10.3. The predicted molar refractivity (Wildman–Crippen MR) is 137 cm³/mol. The summed E-state index contributed by atoms with van der Waals surface area (Å²) < 4.78 is 10.7. The number of rotatable bonds is 9. The van der Waals surface area contributed by atoms with Crippen LogP contribution in [-0.4, -0.2) is 45.1 Å². The Hall–Kier alpha value is -4.20. The minimum absolute atomic E-state index is 0.0303. The zero-order valence-electron chi connectivity index (χ0n) is 22.0. The SMILES string of the molecule is CC(C)(C)OC(=O)CC[C@H](NC(=O)c1ccc(NCc2cnc(N)c(C#N)n2)cc1)C(=O)OC(C)(C)C. The molecule has 0 spiro atoms. The van der Waals surface area contributed by atoms with Gasteiger partial charge in [0.1, 0.15) is 23.3 Å². The predicted octanol–water partition coefficient (Wildman–Crippen LogP) is 3.10. The van der Waals surface area contributed by atoms with Gasteiger partial charge in [-0.3, -0.25) is 9.59 Å². The first-order valence-corrected chi connectivity index (χ1v) is 11.8. The van der Waals surface area contributed by atoms with Crippen molar-refractivity contribution in [1.29, 1.82) is 5.26 Å². The Labute approximate surface area is 216 Å². The van der Waals surface area contributed by atoms with Gasteiger partial charge >= 0.3 is 11.9 Å². The molecule has 0 bridgehead atoms. The molecule has 198 valence electrons. The van der Waals surface area contributed by atoms with Crippen molar-refractivity contribution in [2.75, 3.05) is 11.1 Å². The van der Waals surface area contributed by atoms with Gasteiger partial charge in [0.2, 0.25) is 0 Å². The maximum Gasteiger partial charge on any atom is 0.329 e. The number of nitrogens with one attached hydrogen (secondary N) is 2. The molecule has 0 aliphatic rings. The van der Waals surface area contributed by atoms with Gasteiger partial charge in [0.05, 0.1) is 18.4 Å². The topological polar surface area (TPSA) is 169 Å². The van der Waals surface area contributed by atoms with Crippen LogP contribution in [0.25, 0.3) is 0 Å². The molecule has 2 aromatic rings. The zero-order valence-corrected chi connectivity index (χ0v) is 22.0. The quantitative estimate of drug-likeness (QED) is 0.426. The molecule has 0 aliphatic heterocycles. The number of ether oxygens (including phenoxy) is 2. The normalized spacial score (nSPS) is 12.1. The fourth-order valence-electron chi connectivity index (χ4n) is 3.05. The van der Waals surface area contributed by atoms with Crippen molar-refractivity contribution in [1.82, 2.24) is 15.3 Å². The van der Waals surface area contributed by atoms with Crippen molar-refractivity contribution in [3.63, 3.8) is 0 Å². The second-order valence-corrected chi connectivity index (χ2v) is 10.3. The molecule has 0 radical (unpaired) electrons. The minimum Gasteiger partial charge on any atom is -0.460 e. The summed E-state index contributed by atoms with van der Waals surface area (Å²) in [6.07, 6.45) is 1.44. The molecule has 1 aromatic heterocycles. The maximum absolute atomic E-state index is 12.9. The van der Waals surface area contributed by atoms with E-state index in [2.05, 4.69) is 20.6 Å². The Kier molecular flexibility index (Phi) is 9.54. The first-order chi connectivity index (χ1) is 17.2. The van der Waals surface area contributed by atoms with Crippen molar-refractivity contribution in [3.05, 3.63) is 47.4 Å². The van der Waals surface area contributed by atoms with E-state index in [9.17, 15) is 14.4 Å². The summed E-state index contributed by atoms with van der Waals surface area (Å²) in [4.78, 5) is 45.8. The number of benzene rings is 1. The number of aromatic nitrogens is 2. The van der Waals surface area contributed by atoms with Crippen LogP contribution in [0.3, 0.4) is 0 Å². The van der Waals surface area contributed by atoms with Gasteiger partial charge in [0.15, 0.2) is 11.5 Å². The standard InChI is InChI=1S/C26H34N6O5/c1-25(2,3)36-21(33)12-11-19(24(35)37-26(4,5)6)32-23(34)16-7-9-17(10-8-16)29-14-18-15-30-22(28)20(13-27)31-18/h7-10,15,19,29H,11-12,14H2,1-6H3,(H2,28,30)(H,32,34)/t19-/m0/s1. The highest BCUT2D eigenvalue weighted by atomic mass is 16.6. The molecular weight excluding hydrogens is 476 g/mol. The number of carbonyl (C=O) groups excluding carboxylic acids is 3. The molecule has 11 nitrogen and oxygen atoms in total. The summed E-state index contributed by atoms with van der Waals surface area (Å²) in [5, 5.41) is 14.8. The van der Waals surface area contributed by atoms with Gasteiger partial charge in [-0.1, -0.05) is 0 Å². The van der Waals surface area contributed by atoms with E-state index in [0.717, 1.165) is 0 Å². The zero-order chi connectivity index (χ0) is 27.8. The summed E-state index contributed by atoms with van der Waals surface area (Å²) in [6.45, 7) is 10.7. The summed E-state index contributed by atoms with van der Waals surface area (Å²) in [6, 6.07) is 7.41. The number of nitriles is 1. The lowest BCUT2D eigenvalue weighted by molar-refractivity contribution is -0.158. The monoisotopic (exact) mass is 510 g/mol. The van der Waals surface area contributed by atoms with E-state index in [1.807, 2.05) is 6.07 Å². The molecule has 1 aromatic carbocycles. The Morgan fingerprint density at radius 2 is 1.68 bits per heavy atom. The first kappa shape index (κ1) is 29.0. The smallest absolute Gasteiger partial charge is 0.329 e. The fourth-order valence-corrected chi connectivity index (χ4v) is 3.05. The molecule has 1 amide bonds. The summed E-state index contributed by atoms with van der Waals surface area (Å²) in [5.41, 5.74) is 5.76. The summed E-state index contributed by atoms with van der Waals surface area (Å²) in [7, 11) is 0. The molecule has 0 saturated heterocycles. The summed E-state index contributed by atoms with van der Waals surface area (Å²) in [5.74, 6) is -1.53. The van der Waals surface area contributed by atoms with Crippen LogP contribution in [0.1, 0.15) is 76.1 Å². The van der Waals surface area contributed by atoms with Gasteiger partial charge in [-0.2, -0.15) is 5.26 Å². The van der Waals surface area contributed by atoms with Gasteiger partial charge in [0, 0.05) is 17.7 Å². The number of nitrogens with two attached hydrogens (primary N) is 1. The number of nitrogens with zero attached hydrogens (tertiary/aromatic N) is 3. The van der Waals surface area contributed by atoms with Crippen molar-refractivity contribution in [3.8, 4) is 6.07 Å². The summed E-state index contributed by atoms with van der Waals surface area (Å²) >= 11 is 0. The van der Waals surface area contributed by atoms with Crippen LogP contribution >= 0.6 is 0 Å². The van der Waals surface area contributed by atoms with E-state index in [1.54, 1.807) is 65.8 Å². The van der Waals surface area contributed by atoms with Crippen molar-refractivity contribution < 1.29 is 23.9 Å². The van der Waals surface area contributed by atoms with E-state index in [1.165, 1.54) is 6.20 Å². The van der Waals surface area contributed by atoms with E-state index in [0.29, 0.717) is 23.5 Å². The highest BCUT2D eigenvalue weighted by Crippen LogP contribution is 2.16. The van der Waals surface area contributed by atoms with Crippen LogP contribution in [0.5, 0.6) is 0 Å². The molecule has 2 rings (SSSR count). The molecule has 0 saturated carbocycles. The first-order valence-electron chi connectivity index (χ1n) is 11.8. The van der Waals surface area contributed by atoms with Crippen LogP contribution in [0, 0.1) is 11.3 Å². The number of anilines is 2. The fraction of sp³-hybridized carbons (Fsp3) is 0.462. The van der Waals surface area contributed by atoms with Gasteiger partial charge in [-0.15, -0.1) is 0 Å². The minimum atomic E-state index is -1.03. The van der Waals surface area contributed by atoms with Crippen molar-refractivity contribution in [2.45, 2.75) is 78.2 Å². The molecular formula is C26H34N6O5. The lowest BCUT2D eigenvalue weighted by Gasteiger charge is -2.25. The molecule has 37 heavy (non-hydrogen) atoms. The number of carbonyl (C=O) groups is 3. The molecule has 0 unspecified atom stereocenters. The number of hydrogen-bond acceptors (Lipinski definition) is 10. The Morgan fingerprint density at radius 3 is 2.24 bits per heavy atom. The van der Waals surface area contributed by atoms with Crippen molar-refractivity contribution >= 4 is 29.4 Å². The third kappa shape index (κ3) is 10.1. The van der Waals surface area contributed by atoms with E-state index < -0.39 is 35.1 Å². The van der Waals surface area contributed by atoms with E-state index >= 15 is 0 Å². The van der Waals surface area contributed by atoms with Gasteiger partial charge in [-0.05, 0) is 72.2 Å². The van der Waals surface area contributed by atoms with E-state index in [-0.39, 0.29) is 24.4 Å². The highest BCUT2D eigenvalue weighted by molar-refractivity contribution is 5.97. The van der Waals surface area contributed by atoms with Crippen molar-refractivity contribution in [2.24, 2.45) is 0 Å². The Balaban J connectivity index is 2.04. The Bertz CT molecular complexity index is 1160. The van der Waals surface area contributed by atoms with Crippen LogP contribution in [0.4, 0.5) is 11.5 Å². The molecule has 1 heterocycles. The largest absolute Gasteiger partial charge is 0.460 e. The average Bonchev–Trinajstić information content (AvgIpc) is 2.79. The maximum atomic E-state index is 12.9. The van der Waals surface area contributed by atoms with Gasteiger partial charge < -0.3 is 25.8 Å². The second kappa shape index (κ2) is 12.2. The molecule has 0 fully saturated rings. The van der Waals surface area contributed by atoms with Gasteiger partial charge in [-0.25, -0.2) is 14.8 Å². The average molecular weight is 511 g/mol. The Morgan fingerprint density at radius 1 is 1.05 bits per heavy atom. The number of nitrogen functional groups attached to an aromatic ring is 1. The lowest BCUT2D eigenvalue weighted by atomic mass is 10.1. The van der Waals surface area contributed by atoms with Crippen LogP contribution < -0.4 is 16.4 Å². The number of esters is 2. The third-order valence-corrected chi connectivity index (χ3v) is 4.63. The lowest BCUT2D eigenvalue weighted by Crippen LogP contribution is -2.44. The highest BCUT2D eigenvalue weighted by Gasteiger charge is 2.28. The molecule has 1 atom stereocenters. The number of amides is 1. The van der Waals surface area contributed by atoms with Crippen LogP contribution in [-0.2, 0) is 25.6 Å². The molecule has 0 aliphatic carbocycles.